The number of amides is 2. The quantitative estimate of drug-likeness (QED) is 0.595. The van der Waals surface area contributed by atoms with E-state index in [4.69, 9.17) is 16.3 Å². The molecule has 0 radical (unpaired) electrons. The fraction of sp³-hybridized carbons (Fsp3) is 0.0435. The lowest BCUT2D eigenvalue weighted by Crippen LogP contribution is -2.32. The second kappa shape index (κ2) is 8.00. The fourth-order valence-electron chi connectivity index (χ4n) is 3.20. The predicted octanol–water partition coefficient (Wildman–Crippen LogP) is 4.88. The zero-order chi connectivity index (χ0) is 21.3. The zero-order valence-corrected chi connectivity index (χ0v) is 16.6. The van der Waals surface area contributed by atoms with Crippen molar-refractivity contribution in [3.05, 3.63) is 94.9 Å². The van der Waals surface area contributed by atoms with Gasteiger partial charge in [0.15, 0.2) is 0 Å². The molecule has 0 fully saturated rings. The van der Waals surface area contributed by atoms with E-state index in [0.29, 0.717) is 27.7 Å². The lowest BCUT2D eigenvalue weighted by molar-refractivity contribution is -0.120. The summed E-state index contributed by atoms with van der Waals surface area (Å²) in [4.78, 5) is 27.6. The molecule has 0 unspecified atom stereocenters. The summed E-state index contributed by atoms with van der Waals surface area (Å²) >= 11 is 5.94. The number of carbonyl (C=O) groups excluding carboxylic acids is 2. The summed E-state index contributed by atoms with van der Waals surface area (Å²) in [5.74, 6) is -0.882. The molecular formula is C23H16ClFN2O3. The molecule has 1 aliphatic heterocycles. The molecule has 0 bridgehead atoms. The normalized spacial score (nSPS) is 13.8. The van der Waals surface area contributed by atoms with E-state index in [2.05, 4.69) is 5.32 Å². The number of methoxy groups -OCH3 is 1. The first kappa shape index (κ1) is 19.7. The van der Waals surface area contributed by atoms with Gasteiger partial charge in [-0.05, 0) is 54.1 Å². The molecule has 2 amide bonds. The highest BCUT2D eigenvalue weighted by molar-refractivity contribution is 6.46. The SMILES string of the molecule is COc1cccc(NC2=C(c3ccc(F)cc3)C(=O)N(c3ccc(Cl)cc3)C2=O)c1. The Bertz CT molecular complexity index is 1160. The van der Waals surface area contributed by atoms with Crippen LogP contribution in [0.2, 0.25) is 5.02 Å². The summed E-state index contributed by atoms with van der Waals surface area (Å²) in [6.07, 6.45) is 0. The Balaban J connectivity index is 1.81. The van der Waals surface area contributed by atoms with Gasteiger partial charge in [0.1, 0.15) is 17.3 Å². The number of ether oxygens (including phenoxy) is 1. The largest absolute Gasteiger partial charge is 0.497 e. The monoisotopic (exact) mass is 422 g/mol. The maximum atomic E-state index is 13.4. The Kier molecular flexibility index (Phi) is 5.25. The average molecular weight is 423 g/mol. The van der Waals surface area contributed by atoms with Gasteiger partial charge in [-0.25, -0.2) is 9.29 Å². The molecule has 3 aromatic rings. The number of hydrogen-bond donors (Lipinski definition) is 1. The third-order valence-corrected chi connectivity index (χ3v) is 4.89. The van der Waals surface area contributed by atoms with Gasteiger partial charge in [0.2, 0.25) is 0 Å². The van der Waals surface area contributed by atoms with Gasteiger partial charge >= 0.3 is 0 Å². The average Bonchev–Trinajstić information content (AvgIpc) is 2.99. The van der Waals surface area contributed by atoms with Gasteiger partial charge in [-0.15, -0.1) is 0 Å². The number of rotatable bonds is 5. The predicted molar refractivity (Wildman–Crippen MR) is 114 cm³/mol. The highest BCUT2D eigenvalue weighted by atomic mass is 35.5. The summed E-state index contributed by atoms with van der Waals surface area (Å²) in [5.41, 5.74) is 1.63. The van der Waals surface area contributed by atoms with Crippen LogP contribution in [0.1, 0.15) is 5.56 Å². The van der Waals surface area contributed by atoms with Crippen LogP contribution in [0.4, 0.5) is 15.8 Å². The summed E-state index contributed by atoms with van der Waals surface area (Å²) in [6.45, 7) is 0. The van der Waals surface area contributed by atoms with Gasteiger partial charge in [-0.2, -0.15) is 0 Å². The van der Waals surface area contributed by atoms with E-state index in [-0.39, 0.29) is 11.3 Å². The first-order valence-electron chi connectivity index (χ1n) is 9.03. The van der Waals surface area contributed by atoms with Crippen molar-refractivity contribution in [2.75, 3.05) is 17.3 Å². The molecular weight excluding hydrogens is 407 g/mol. The summed E-state index contributed by atoms with van der Waals surface area (Å²) in [7, 11) is 1.54. The number of benzene rings is 3. The maximum absolute atomic E-state index is 13.4. The number of anilines is 2. The Morgan fingerprint density at radius 2 is 1.63 bits per heavy atom. The van der Waals surface area contributed by atoms with E-state index in [1.165, 1.54) is 31.4 Å². The molecule has 5 nitrogen and oxygen atoms in total. The highest BCUT2D eigenvalue weighted by Gasteiger charge is 2.40. The molecule has 3 aromatic carbocycles. The van der Waals surface area contributed by atoms with Gasteiger partial charge in [-0.3, -0.25) is 9.59 Å². The van der Waals surface area contributed by atoms with Crippen LogP contribution in [0, 0.1) is 5.82 Å². The second-order valence-electron chi connectivity index (χ2n) is 6.54. The van der Waals surface area contributed by atoms with E-state index in [1.807, 2.05) is 0 Å². The van der Waals surface area contributed by atoms with Crippen molar-refractivity contribution in [1.82, 2.24) is 0 Å². The number of nitrogens with one attached hydrogen (secondary N) is 1. The minimum atomic E-state index is -0.524. The molecule has 1 aliphatic rings. The molecule has 0 aromatic heterocycles. The van der Waals surface area contributed by atoms with Gasteiger partial charge in [0, 0.05) is 16.8 Å². The van der Waals surface area contributed by atoms with Crippen molar-refractivity contribution < 1.29 is 18.7 Å². The molecule has 0 aliphatic carbocycles. The standard InChI is InChI=1S/C23H16ClFN2O3/c1-30-19-4-2-3-17(13-19)26-21-20(14-5-9-16(25)10-6-14)22(28)27(23(21)29)18-11-7-15(24)8-12-18/h2-13,26H,1H3. The number of nitrogens with zero attached hydrogens (tertiary/aromatic N) is 1. The van der Waals surface area contributed by atoms with Crippen molar-refractivity contribution in [2.24, 2.45) is 0 Å². The first-order chi connectivity index (χ1) is 14.5. The zero-order valence-electron chi connectivity index (χ0n) is 15.9. The second-order valence-corrected chi connectivity index (χ2v) is 6.97. The van der Waals surface area contributed by atoms with Crippen LogP contribution in [0.25, 0.3) is 5.57 Å². The van der Waals surface area contributed by atoms with E-state index in [9.17, 15) is 14.0 Å². The number of hydrogen-bond acceptors (Lipinski definition) is 4. The highest BCUT2D eigenvalue weighted by Crippen LogP contribution is 2.34. The number of halogens is 2. The van der Waals surface area contributed by atoms with E-state index >= 15 is 0 Å². The molecule has 1 heterocycles. The van der Waals surface area contributed by atoms with E-state index in [1.54, 1.807) is 48.5 Å². The third kappa shape index (κ3) is 3.65. The molecule has 0 saturated heterocycles. The molecule has 4 rings (SSSR count). The Hall–Kier alpha value is -3.64. The van der Waals surface area contributed by atoms with Crippen LogP contribution in [0.3, 0.4) is 0 Å². The van der Waals surface area contributed by atoms with Crippen LogP contribution in [-0.2, 0) is 9.59 Å². The molecule has 7 heteroatoms. The molecule has 0 atom stereocenters. The summed E-state index contributed by atoms with van der Waals surface area (Å²) < 4.78 is 18.7. The van der Waals surface area contributed by atoms with Crippen molar-refractivity contribution in [2.45, 2.75) is 0 Å². The minimum absolute atomic E-state index is 0.0924. The number of imide groups is 1. The van der Waals surface area contributed by atoms with Crippen LogP contribution < -0.4 is 15.0 Å². The van der Waals surface area contributed by atoms with Crippen molar-refractivity contribution in [3.63, 3.8) is 0 Å². The van der Waals surface area contributed by atoms with Gasteiger partial charge in [-0.1, -0.05) is 29.8 Å². The molecule has 150 valence electrons. The molecule has 0 saturated carbocycles. The van der Waals surface area contributed by atoms with Crippen molar-refractivity contribution in [1.29, 1.82) is 0 Å². The van der Waals surface area contributed by atoms with Gasteiger partial charge in [0.05, 0.1) is 18.4 Å². The van der Waals surface area contributed by atoms with Crippen LogP contribution in [0.15, 0.2) is 78.5 Å². The van der Waals surface area contributed by atoms with Crippen LogP contribution >= 0.6 is 11.6 Å². The minimum Gasteiger partial charge on any atom is -0.497 e. The topological polar surface area (TPSA) is 58.6 Å². The third-order valence-electron chi connectivity index (χ3n) is 4.64. The van der Waals surface area contributed by atoms with Gasteiger partial charge < -0.3 is 10.1 Å². The van der Waals surface area contributed by atoms with E-state index in [0.717, 1.165) is 4.90 Å². The van der Waals surface area contributed by atoms with Crippen molar-refractivity contribution >= 4 is 40.4 Å². The first-order valence-corrected chi connectivity index (χ1v) is 9.41. The van der Waals surface area contributed by atoms with Crippen LogP contribution in [-0.4, -0.2) is 18.9 Å². The van der Waals surface area contributed by atoms with Gasteiger partial charge in [0.25, 0.3) is 11.8 Å². The van der Waals surface area contributed by atoms with E-state index < -0.39 is 17.6 Å². The molecule has 30 heavy (non-hydrogen) atoms. The lowest BCUT2D eigenvalue weighted by atomic mass is 10.0. The summed E-state index contributed by atoms with van der Waals surface area (Å²) in [5, 5.41) is 3.52. The fourth-order valence-corrected chi connectivity index (χ4v) is 3.33. The molecule has 0 spiro atoms. The maximum Gasteiger partial charge on any atom is 0.282 e. The Labute approximate surface area is 177 Å². The number of carbonyl (C=O) groups is 2. The van der Waals surface area contributed by atoms with Crippen molar-refractivity contribution in [3.8, 4) is 5.75 Å². The smallest absolute Gasteiger partial charge is 0.282 e. The Morgan fingerprint density at radius 3 is 2.30 bits per heavy atom. The summed E-state index contributed by atoms with van der Waals surface area (Å²) in [6, 6.07) is 18.8. The lowest BCUT2D eigenvalue weighted by Gasteiger charge is -2.15. The Morgan fingerprint density at radius 1 is 0.933 bits per heavy atom. The van der Waals surface area contributed by atoms with Crippen LogP contribution in [0.5, 0.6) is 5.75 Å². The molecule has 1 N–H and O–H groups in total.